The fraction of sp³-hybridized carbons (Fsp3) is 0.250. The first kappa shape index (κ1) is 11.4. The molecule has 0 saturated heterocycles. The molecule has 0 saturated carbocycles. The lowest BCUT2D eigenvalue weighted by atomic mass is 10.2. The van der Waals surface area contributed by atoms with Gasteiger partial charge in [0.1, 0.15) is 0 Å². The number of aromatic nitrogens is 1. The van der Waals surface area contributed by atoms with Crippen molar-refractivity contribution in [3.8, 4) is 0 Å². The van der Waals surface area contributed by atoms with Gasteiger partial charge in [-0.1, -0.05) is 17.7 Å². The second kappa shape index (κ2) is 4.85. The highest BCUT2D eigenvalue weighted by molar-refractivity contribution is 7.11. The fourth-order valence-electron chi connectivity index (χ4n) is 1.48. The minimum Gasteiger partial charge on any atom is -0.378 e. The van der Waals surface area contributed by atoms with Gasteiger partial charge in [0.25, 0.3) is 0 Å². The van der Waals surface area contributed by atoms with Crippen LogP contribution < -0.4 is 5.32 Å². The largest absolute Gasteiger partial charge is 0.378 e. The smallest absolute Gasteiger partial charge is 0.0897 e. The van der Waals surface area contributed by atoms with E-state index in [1.807, 2.05) is 37.4 Å². The van der Waals surface area contributed by atoms with Gasteiger partial charge in [0.2, 0.25) is 0 Å². The minimum absolute atomic E-state index is 0.254. The summed E-state index contributed by atoms with van der Waals surface area (Å²) in [5, 5.41) is 5.24. The van der Waals surface area contributed by atoms with Crippen molar-refractivity contribution in [2.24, 2.45) is 0 Å². The number of anilines is 1. The van der Waals surface area contributed by atoms with E-state index in [2.05, 4.69) is 17.2 Å². The molecule has 0 aliphatic rings. The Labute approximate surface area is 104 Å². The number of hydrogen-bond acceptors (Lipinski definition) is 3. The van der Waals surface area contributed by atoms with E-state index in [-0.39, 0.29) is 6.04 Å². The highest BCUT2D eigenvalue weighted by Crippen LogP contribution is 2.25. The minimum atomic E-state index is 0.254. The predicted molar refractivity (Wildman–Crippen MR) is 70.3 cm³/mol. The van der Waals surface area contributed by atoms with Crippen molar-refractivity contribution in [2.45, 2.75) is 19.9 Å². The molecule has 2 nitrogen and oxygen atoms in total. The Morgan fingerprint density at radius 3 is 2.88 bits per heavy atom. The van der Waals surface area contributed by atoms with Crippen LogP contribution >= 0.6 is 22.9 Å². The number of aryl methyl sites for hydroxylation is 1. The monoisotopic (exact) mass is 252 g/mol. The van der Waals surface area contributed by atoms with Crippen LogP contribution in [-0.2, 0) is 0 Å². The molecule has 4 heteroatoms. The number of hydrogen-bond donors (Lipinski definition) is 1. The Balaban J connectivity index is 2.10. The van der Waals surface area contributed by atoms with Gasteiger partial charge in [-0.2, -0.15) is 0 Å². The summed E-state index contributed by atoms with van der Waals surface area (Å²) in [6, 6.07) is 8.00. The van der Waals surface area contributed by atoms with Crippen molar-refractivity contribution in [1.29, 1.82) is 0 Å². The molecule has 16 heavy (non-hydrogen) atoms. The summed E-state index contributed by atoms with van der Waals surface area (Å²) in [6.45, 7) is 4.13. The molecule has 0 amide bonds. The maximum Gasteiger partial charge on any atom is 0.0897 e. The molecule has 1 aromatic carbocycles. The maximum absolute atomic E-state index is 5.93. The zero-order chi connectivity index (χ0) is 11.5. The summed E-state index contributed by atoms with van der Waals surface area (Å²) in [4.78, 5) is 5.48. The third-order valence-corrected chi connectivity index (χ3v) is 3.60. The van der Waals surface area contributed by atoms with E-state index < -0.39 is 0 Å². The van der Waals surface area contributed by atoms with Crippen molar-refractivity contribution >= 4 is 28.6 Å². The van der Waals surface area contributed by atoms with Gasteiger partial charge < -0.3 is 5.32 Å². The summed E-state index contributed by atoms with van der Waals surface area (Å²) < 4.78 is 0. The first-order valence-corrected chi connectivity index (χ1v) is 6.29. The highest BCUT2D eigenvalue weighted by atomic mass is 35.5. The molecule has 2 rings (SSSR count). The van der Waals surface area contributed by atoms with Crippen molar-refractivity contribution < 1.29 is 0 Å². The molecule has 0 spiro atoms. The Kier molecular flexibility index (Phi) is 3.46. The number of thiazole rings is 1. The molecule has 84 valence electrons. The van der Waals surface area contributed by atoms with E-state index >= 15 is 0 Å². The topological polar surface area (TPSA) is 24.9 Å². The molecule has 1 atom stereocenters. The lowest BCUT2D eigenvalue weighted by molar-refractivity contribution is 0.903. The van der Waals surface area contributed by atoms with E-state index in [0.29, 0.717) is 0 Å². The zero-order valence-corrected chi connectivity index (χ0v) is 10.8. The van der Waals surface area contributed by atoms with Crippen LogP contribution in [0.2, 0.25) is 5.02 Å². The van der Waals surface area contributed by atoms with Crippen molar-refractivity contribution in [3.05, 3.63) is 45.4 Å². The lowest BCUT2D eigenvalue weighted by Crippen LogP contribution is -2.04. The molecular formula is C12H13ClN2S. The molecule has 1 heterocycles. The van der Waals surface area contributed by atoms with Crippen molar-refractivity contribution in [2.75, 3.05) is 5.32 Å². The van der Waals surface area contributed by atoms with Crippen LogP contribution in [0.25, 0.3) is 0 Å². The van der Waals surface area contributed by atoms with Crippen LogP contribution in [0.15, 0.2) is 30.5 Å². The van der Waals surface area contributed by atoms with Gasteiger partial charge in [-0.3, -0.25) is 0 Å². The van der Waals surface area contributed by atoms with Gasteiger partial charge in [-0.25, -0.2) is 4.98 Å². The average Bonchev–Trinajstić information content (AvgIpc) is 2.65. The number of nitrogens with one attached hydrogen (secondary N) is 1. The molecular weight excluding hydrogens is 240 g/mol. The fourth-order valence-corrected chi connectivity index (χ4v) is 2.46. The number of rotatable bonds is 3. The second-order valence-corrected chi connectivity index (χ2v) is 5.36. The van der Waals surface area contributed by atoms with Crippen LogP contribution in [-0.4, -0.2) is 4.98 Å². The number of nitrogens with zero attached hydrogens (tertiary/aromatic N) is 1. The molecule has 0 radical (unpaired) electrons. The Morgan fingerprint density at radius 1 is 1.44 bits per heavy atom. The number of halogens is 1. The maximum atomic E-state index is 5.93. The van der Waals surface area contributed by atoms with Crippen LogP contribution in [0.5, 0.6) is 0 Å². The predicted octanol–water partition coefficient (Wildman–Crippen LogP) is 4.28. The first-order chi connectivity index (χ1) is 7.65. The molecule has 1 aromatic heterocycles. The molecule has 0 aliphatic carbocycles. The summed E-state index contributed by atoms with van der Waals surface area (Å²) in [5.74, 6) is 0. The molecule has 2 aromatic rings. The third kappa shape index (κ3) is 2.74. The van der Waals surface area contributed by atoms with Crippen LogP contribution in [0, 0.1) is 6.92 Å². The third-order valence-electron chi connectivity index (χ3n) is 2.27. The van der Waals surface area contributed by atoms with Crippen molar-refractivity contribution in [1.82, 2.24) is 4.98 Å². The summed E-state index contributed by atoms with van der Waals surface area (Å²) in [5.41, 5.74) is 1.03. The Morgan fingerprint density at radius 2 is 2.25 bits per heavy atom. The van der Waals surface area contributed by atoms with Gasteiger partial charge in [-0.05, 0) is 32.0 Å². The summed E-state index contributed by atoms with van der Waals surface area (Å²) in [6.07, 6.45) is 1.92. The van der Waals surface area contributed by atoms with E-state index in [0.717, 1.165) is 15.7 Å². The van der Waals surface area contributed by atoms with Gasteiger partial charge in [0.15, 0.2) is 0 Å². The SMILES string of the molecule is Cc1ncc(C(C)Nc2cccc(Cl)c2)s1. The molecule has 1 N–H and O–H groups in total. The van der Waals surface area contributed by atoms with Gasteiger partial charge in [0.05, 0.1) is 11.0 Å². The molecule has 0 aliphatic heterocycles. The summed E-state index contributed by atoms with van der Waals surface area (Å²) >= 11 is 7.64. The van der Waals surface area contributed by atoms with E-state index in [1.165, 1.54) is 4.88 Å². The standard InChI is InChI=1S/C12H13ClN2S/c1-8(12-7-14-9(2)16-12)15-11-5-3-4-10(13)6-11/h3-8,15H,1-2H3. The zero-order valence-electron chi connectivity index (χ0n) is 9.20. The molecule has 0 bridgehead atoms. The van der Waals surface area contributed by atoms with Gasteiger partial charge >= 0.3 is 0 Å². The van der Waals surface area contributed by atoms with Crippen LogP contribution in [0.4, 0.5) is 5.69 Å². The van der Waals surface area contributed by atoms with Crippen LogP contribution in [0.1, 0.15) is 22.9 Å². The lowest BCUT2D eigenvalue weighted by Gasteiger charge is -2.13. The van der Waals surface area contributed by atoms with E-state index in [9.17, 15) is 0 Å². The Bertz CT molecular complexity index is 481. The Hall–Kier alpha value is -1.06. The van der Waals surface area contributed by atoms with E-state index in [4.69, 9.17) is 11.6 Å². The van der Waals surface area contributed by atoms with Gasteiger partial charge in [-0.15, -0.1) is 11.3 Å². The highest BCUT2D eigenvalue weighted by Gasteiger charge is 2.08. The van der Waals surface area contributed by atoms with Crippen LogP contribution in [0.3, 0.4) is 0 Å². The molecule has 0 fully saturated rings. The molecule has 1 unspecified atom stereocenters. The van der Waals surface area contributed by atoms with Crippen molar-refractivity contribution in [3.63, 3.8) is 0 Å². The van der Waals surface area contributed by atoms with Gasteiger partial charge in [0, 0.05) is 21.8 Å². The normalized spacial score (nSPS) is 12.4. The summed E-state index contributed by atoms with van der Waals surface area (Å²) in [7, 11) is 0. The van der Waals surface area contributed by atoms with E-state index in [1.54, 1.807) is 11.3 Å². The quantitative estimate of drug-likeness (QED) is 0.882. The first-order valence-electron chi connectivity index (χ1n) is 5.09. The average molecular weight is 253 g/mol. The number of benzene rings is 1. The second-order valence-electron chi connectivity index (χ2n) is 3.66.